The van der Waals surface area contributed by atoms with E-state index in [0.29, 0.717) is 85.5 Å². The number of nitrogen functional groups attached to an aromatic ring is 1. The Morgan fingerprint density at radius 1 is 0.602 bits per heavy atom. The number of carbonyl (C=O) groups excluding carboxylic acids is 3. The Hall–Kier alpha value is -8.06. The third kappa shape index (κ3) is 22.6. The highest BCUT2D eigenvalue weighted by molar-refractivity contribution is 9.11. The molecule has 0 aliphatic rings. The first-order chi connectivity index (χ1) is 41.7. The maximum atomic E-state index is 13.2. The minimum atomic E-state index is -0.928. The molecule has 2 aromatic heterocycles. The molecular weight excluding hydrogens is 1330 g/mol. The summed E-state index contributed by atoms with van der Waals surface area (Å²) in [7, 11) is 9.38. The van der Waals surface area contributed by atoms with Gasteiger partial charge in [-0.2, -0.15) is 0 Å². The number of ether oxygens (including phenoxy) is 4. The van der Waals surface area contributed by atoms with Gasteiger partial charge in [0, 0.05) is 102 Å². The molecule has 17 nitrogen and oxygen atoms in total. The monoisotopic (exact) mass is 1400 g/mol. The van der Waals surface area contributed by atoms with Gasteiger partial charge in [0.05, 0.1) is 27.5 Å². The lowest BCUT2D eigenvalue weighted by Crippen LogP contribution is -2.27. The van der Waals surface area contributed by atoms with Crippen molar-refractivity contribution in [2.45, 2.75) is 78.8 Å². The van der Waals surface area contributed by atoms with Gasteiger partial charge in [-0.3, -0.25) is 33.1 Å². The molecule has 4 atom stereocenters. The first-order valence-electron chi connectivity index (χ1n) is 26.9. The molecule has 8 rings (SSSR count). The number of aromatic nitrogens is 4. The van der Waals surface area contributed by atoms with Crippen molar-refractivity contribution in [3.63, 3.8) is 0 Å². The fraction of sp³-hybridized carbons (Fsp3) is 0.273. The first kappa shape index (κ1) is 74.2. The predicted molar refractivity (Wildman–Crippen MR) is 350 cm³/mol. The molecule has 4 unspecified atom stereocenters. The molecule has 4 N–H and O–H groups in total. The van der Waals surface area contributed by atoms with Crippen molar-refractivity contribution < 1.29 is 52.0 Å². The number of methoxy groups -OCH3 is 4. The van der Waals surface area contributed by atoms with Crippen molar-refractivity contribution in [3.8, 4) is 24.2 Å². The highest BCUT2D eigenvalue weighted by atomic mass is 79.9. The van der Waals surface area contributed by atoms with Crippen LogP contribution in [0.3, 0.4) is 0 Å². The zero-order chi connectivity index (χ0) is 65.9. The highest BCUT2D eigenvalue weighted by Gasteiger charge is 2.18. The van der Waals surface area contributed by atoms with E-state index in [2.05, 4.69) is 85.6 Å². The molecule has 0 aliphatic carbocycles. The number of carboxylic acid groups (broad SMARTS) is 1. The van der Waals surface area contributed by atoms with Crippen molar-refractivity contribution in [1.29, 1.82) is 0 Å². The Morgan fingerprint density at radius 2 is 1.03 bits per heavy atom. The maximum absolute atomic E-state index is 13.2. The minimum absolute atomic E-state index is 0.0112. The van der Waals surface area contributed by atoms with Gasteiger partial charge in [-0.1, -0.05) is 91.5 Å². The molecule has 1 amide bonds. The number of carboxylic acids is 1. The van der Waals surface area contributed by atoms with Crippen LogP contribution in [0.4, 0.5) is 20.2 Å². The second-order valence-corrected chi connectivity index (χ2v) is 21.5. The largest absolute Gasteiger partial charge is 0.479 e. The van der Waals surface area contributed by atoms with Gasteiger partial charge >= 0.3 is 5.97 Å². The molecule has 0 bridgehead atoms. The van der Waals surface area contributed by atoms with E-state index >= 15 is 0 Å². The number of aliphatic carboxylic acids is 1. The normalized spacial score (nSPS) is 11.6. The van der Waals surface area contributed by atoms with Crippen molar-refractivity contribution in [2.75, 3.05) is 39.5 Å². The molecule has 0 saturated heterocycles. The number of anilines is 2. The number of benzene rings is 6. The van der Waals surface area contributed by atoms with Gasteiger partial charge in [-0.15, -0.1) is 6.42 Å². The number of terminal acetylenes is 1. The summed E-state index contributed by atoms with van der Waals surface area (Å²) in [5, 5.41) is 11.9. The average molecular weight is 1400 g/mol. The van der Waals surface area contributed by atoms with Crippen molar-refractivity contribution in [3.05, 3.63) is 207 Å². The smallest absolute Gasteiger partial charge is 0.332 e. The van der Waals surface area contributed by atoms with Crippen LogP contribution >= 0.6 is 47.8 Å². The molecule has 0 spiro atoms. The topological polar surface area (TPSA) is 233 Å². The number of carbonyl (C=O) groups is 4. The third-order valence-electron chi connectivity index (χ3n) is 12.7. The molecule has 8 aromatic rings. The molecule has 88 heavy (non-hydrogen) atoms. The summed E-state index contributed by atoms with van der Waals surface area (Å²) in [6.07, 6.45) is 4.13. The van der Waals surface area contributed by atoms with Crippen LogP contribution in [0.1, 0.15) is 116 Å². The summed E-state index contributed by atoms with van der Waals surface area (Å²) in [6.45, 7) is 10.4. The van der Waals surface area contributed by atoms with Gasteiger partial charge in [0.15, 0.2) is 17.7 Å². The quantitative estimate of drug-likeness (QED) is 0.0554. The van der Waals surface area contributed by atoms with E-state index in [1.165, 1.54) is 54.5 Å². The Labute approximate surface area is 535 Å². The average Bonchev–Trinajstić information content (AvgIpc) is 3.09. The Kier molecular flexibility index (Phi) is 31.1. The summed E-state index contributed by atoms with van der Waals surface area (Å²) in [5.41, 5.74) is 10.7. The number of fused-ring (bicyclic) bond motifs is 2. The van der Waals surface area contributed by atoms with Gasteiger partial charge in [-0.25, -0.2) is 23.5 Å². The zero-order valence-electron chi connectivity index (χ0n) is 50.6. The second-order valence-electron chi connectivity index (χ2n) is 18.8. The van der Waals surface area contributed by atoms with Gasteiger partial charge in [-0.05, 0) is 137 Å². The maximum Gasteiger partial charge on any atom is 0.332 e. The number of nitrogens with two attached hydrogens (primary N) is 1. The molecule has 464 valence electrons. The molecule has 6 aromatic carbocycles. The first-order valence-corrected chi connectivity index (χ1v) is 29.3. The lowest BCUT2D eigenvalue weighted by Gasteiger charge is -2.14. The van der Waals surface area contributed by atoms with E-state index in [1.54, 1.807) is 121 Å². The van der Waals surface area contributed by atoms with Crippen LogP contribution in [0, 0.1) is 35.8 Å². The van der Waals surface area contributed by atoms with Crippen LogP contribution in [-0.2, 0) is 42.6 Å². The van der Waals surface area contributed by atoms with Crippen molar-refractivity contribution in [1.82, 2.24) is 19.1 Å². The van der Waals surface area contributed by atoms with Crippen molar-refractivity contribution >= 4 is 104 Å². The third-order valence-corrected chi connectivity index (χ3v) is 14.2. The van der Waals surface area contributed by atoms with Gasteiger partial charge < -0.3 is 35.1 Å². The zero-order valence-corrected chi connectivity index (χ0v) is 55.4. The fourth-order valence-electron chi connectivity index (χ4n) is 7.33. The Bertz CT molecular complexity index is 3970. The van der Waals surface area contributed by atoms with E-state index in [1.807, 2.05) is 39.0 Å². The Balaban J connectivity index is 0.000000289. The number of amides is 1. The van der Waals surface area contributed by atoms with Crippen LogP contribution < -0.4 is 22.2 Å². The minimum Gasteiger partial charge on any atom is -0.479 e. The van der Waals surface area contributed by atoms with E-state index in [-0.39, 0.29) is 52.4 Å². The molecule has 0 saturated carbocycles. The van der Waals surface area contributed by atoms with Crippen molar-refractivity contribution in [2.24, 2.45) is 14.1 Å². The highest BCUT2D eigenvalue weighted by Crippen LogP contribution is 2.24. The number of Topliss-reactive ketones (excluding diaryl/α,β-unsaturated/α-hetero) is 2. The number of rotatable bonds is 13. The number of nitrogens with one attached hydrogen (secondary N) is 1. The van der Waals surface area contributed by atoms with Crippen LogP contribution in [0.2, 0.25) is 0 Å². The number of halogens is 5. The lowest BCUT2D eigenvalue weighted by molar-refractivity contribution is -0.147. The number of hydrogen-bond donors (Lipinski definition) is 3. The molecule has 0 radical (unpaired) electrons. The molecule has 2 heterocycles. The summed E-state index contributed by atoms with van der Waals surface area (Å²) in [5.74, 6) is 7.66. The van der Waals surface area contributed by atoms with Crippen LogP contribution in [0.5, 0.6) is 0 Å². The molecule has 0 fully saturated rings. The predicted octanol–water partition coefficient (Wildman–Crippen LogP) is 13.1. The van der Waals surface area contributed by atoms with Crippen LogP contribution in [0.25, 0.3) is 21.8 Å². The van der Waals surface area contributed by atoms with Gasteiger partial charge in [0.25, 0.3) is 17.0 Å². The summed E-state index contributed by atoms with van der Waals surface area (Å²) < 4.78 is 50.9. The molecule has 22 heteroatoms. The van der Waals surface area contributed by atoms with E-state index in [0.717, 1.165) is 13.4 Å². The van der Waals surface area contributed by atoms with Crippen LogP contribution in [0.15, 0.2) is 144 Å². The SMILES string of the molecule is C#Cc1cccc(F)c1.CCC(=O)c1ccc(Br)cc1N.CCC(=O)c1ccc(Br)cc1NC(=O)C(C)OC.COC(C)C(=O)O.COC(C)c1nc2cc(Br)ccc2c(=O)n1C.COC(C)c1nc2cc(C#Cc3cccc(F)c3)ccc2c(=O)n1C. The summed E-state index contributed by atoms with van der Waals surface area (Å²) in [6, 6.07) is 33.2. The fourth-order valence-corrected chi connectivity index (χ4v) is 8.42. The van der Waals surface area contributed by atoms with E-state index in [9.17, 15) is 37.5 Å². The molecule has 0 aliphatic heterocycles. The summed E-state index contributed by atoms with van der Waals surface area (Å²) >= 11 is 9.97. The lowest BCUT2D eigenvalue weighted by atomic mass is 10.1. The van der Waals surface area contributed by atoms with Gasteiger partial charge in [0.2, 0.25) is 0 Å². The number of nitrogens with zero attached hydrogens (tertiary/aromatic N) is 4. The summed E-state index contributed by atoms with van der Waals surface area (Å²) in [4.78, 5) is 78.2. The Morgan fingerprint density at radius 3 is 1.48 bits per heavy atom. The standard InChI is InChI=1S/C20H17FN2O2.C13H16BrNO3.C12H13BrN2O2.C9H10BrNO.C8H5F.C4H8O3/c1-13(25-3)19-22-18-12-15(9-10-17(18)20(24)23(19)2)8-7-14-5-4-6-16(21)11-14;1-4-12(16)10-6-5-9(14)7-11(10)15-13(17)8(2)18-3;1-7(17-3)11-14-10-6-8(13)4-5-9(10)12(16)15(11)2;1-2-9(12)7-4-3-6(10)5-8(7)11;1-2-7-4-3-5-8(9)6-7;1-3(7-2)4(5)6/h4-6,9-13H,1-3H3;5-8H,4H2,1-3H3,(H,15,17);4-7H,1-3H3;3-5H,2,11H2,1H3;1,3-6H;3H,1-2H3,(H,5,6). The second kappa shape index (κ2) is 36.9. The van der Waals surface area contributed by atoms with Gasteiger partial charge in [0.1, 0.15) is 41.6 Å². The van der Waals surface area contributed by atoms with E-state index < -0.39 is 18.2 Å². The van der Waals surface area contributed by atoms with E-state index in [4.69, 9.17) is 31.5 Å². The molecular formula is C66H69Br3F2N6O11. The van der Waals surface area contributed by atoms with Crippen LogP contribution in [-0.4, -0.2) is 88.3 Å². The number of ketones is 2. The number of hydrogen-bond acceptors (Lipinski definition) is 13.